The first kappa shape index (κ1) is 84.5. The molecule has 0 fully saturated rings. The van der Waals surface area contributed by atoms with Gasteiger partial charge in [0.05, 0.1) is 26.4 Å². The van der Waals surface area contributed by atoms with Crippen molar-refractivity contribution in [1.82, 2.24) is 0 Å². The summed E-state index contributed by atoms with van der Waals surface area (Å²) < 4.78 is 67.9. The highest BCUT2D eigenvalue weighted by Gasteiger charge is 2.30. The quantitative estimate of drug-likeness (QED) is 0.0169. The smallest absolute Gasteiger partial charge is 0.462 e. The number of aliphatic hydroxyl groups excluding tert-OH is 1. The minimum atomic E-state index is -4.95. The van der Waals surface area contributed by atoms with Crippen molar-refractivity contribution in [3.8, 4) is 0 Å². The lowest BCUT2D eigenvalue weighted by molar-refractivity contribution is -0.161. The summed E-state index contributed by atoms with van der Waals surface area (Å²) in [6.45, 7) is 7.13. The Morgan fingerprint density at radius 2 is 0.644 bits per heavy atom. The normalized spacial score (nSPS) is 14.6. The summed E-state index contributed by atoms with van der Waals surface area (Å²) in [5, 5.41) is 10.5. The van der Waals surface area contributed by atoms with Gasteiger partial charge in [0.2, 0.25) is 0 Å². The van der Waals surface area contributed by atoms with E-state index < -0.39 is 97.5 Å². The molecule has 0 aromatic rings. The van der Waals surface area contributed by atoms with Crippen molar-refractivity contribution in [2.45, 2.75) is 342 Å². The molecule has 3 N–H and O–H groups in total. The van der Waals surface area contributed by atoms with E-state index in [-0.39, 0.29) is 25.7 Å². The van der Waals surface area contributed by atoms with Gasteiger partial charge in [-0.3, -0.25) is 37.3 Å². The first-order valence-electron chi connectivity index (χ1n) is 35.0. The Morgan fingerprint density at radius 3 is 0.977 bits per heavy atom. The van der Waals surface area contributed by atoms with E-state index in [2.05, 4.69) is 58.9 Å². The van der Waals surface area contributed by atoms with Crippen LogP contribution in [-0.4, -0.2) is 96.7 Å². The molecule has 0 saturated heterocycles. The van der Waals surface area contributed by atoms with E-state index in [1.165, 1.54) is 103 Å². The Morgan fingerprint density at radius 1 is 0.368 bits per heavy atom. The van der Waals surface area contributed by atoms with Crippen LogP contribution in [0.25, 0.3) is 0 Å². The summed E-state index contributed by atoms with van der Waals surface area (Å²) >= 11 is 0. The highest BCUT2D eigenvalue weighted by Crippen LogP contribution is 2.45. The molecule has 17 nitrogen and oxygen atoms in total. The zero-order valence-corrected chi connectivity index (χ0v) is 57.4. The third-order valence-corrected chi connectivity index (χ3v) is 17.4. The van der Waals surface area contributed by atoms with Crippen molar-refractivity contribution in [1.29, 1.82) is 0 Å². The van der Waals surface area contributed by atoms with Crippen LogP contribution in [0.3, 0.4) is 0 Å². The van der Waals surface area contributed by atoms with Crippen molar-refractivity contribution >= 4 is 39.5 Å². The second-order valence-electron chi connectivity index (χ2n) is 24.1. The zero-order valence-electron chi connectivity index (χ0n) is 55.6. The topological polar surface area (TPSA) is 237 Å². The van der Waals surface area contributed by atoms with E-state index in [1.54, 1.807) is 0 Å². The maximum absolute atomic E-state index is 13.0. The molecule has 0 rings (SSSR count). The second-order valence-corrected chi connectivity index (χ2v) is 27.0. The number of carbonyl (C=O) groups is 4. The lowest BCUT2D eigenvalue weighted by atomic mass is 9.99. The minimum Gasteiger partial charge on any atom is -0.462 e. The number of carbonyl (C=O) groups excluding carboxylic acids is 4. The average molecular weight is 1280 g/mol. The van der Waals surface area contributed by atoms with Crippen LogP contribution in [0.2, 0.25) is 0 Å². The molecule has 3 unspecified atom stereocenters. The first-order chi connectivity index (χ1) is 42.1. The Bertz CT molecular complexity index is 1780. The van der Waals surface area contributed by atoms with Gasteiger partial charge in [-0.05, 0) is 57.3 Å². The van der Waals surface area contributed by atoms with Crippen LogP contribution in [-0.2, 0) is 65.4 Å². The van der Waals surface area contributed by atoms with E-state index in [9.17, 15) is 43.2 Å². The molecule has 6 atom stereocenters. The molecule has 0 aromatic heterocycles. The molecule has 0 aromatic carbocycles. The molecule has 512 valence electrons. The number of esters is 4. The molecule has 0 amide bonds. The van der Waals surface area contributed by atoms with E-state index >= 15 is 0 Å². The Labute approximate surface area is 529 Å². The third-order valence-electron chi connectivity index (χ3n) is 15.5. The number of rotatable bonds is 66. The lowest BCUT2D eigenvalue weighted by Crippen LogP contribution is -2.30. The second kappa shape index (κ2) is 61.1. The summed E-state index contributed by atoms with van der Waals surface area (Å²) in [6, 6.07) is 0. The predicted molar refractivity (Wildman–Crippen MR) is 349 cm³/mol. The monoisotopic (exact) mass is 1280 g/mol. The van der Waals surface area contributed by atoms with Crippen LogP contribution in [0.15, 0.2) is 24.3 Å². The molecule has 0 aliphatic rings. The average Bonchev–Trinajstić information content (AvgIpc) is 3.69. The number of ether oxygens (including phenoxy) is 4. The molecule has 19 heteroatoms. The van der Waals surface area contributed by atoms with Crippen molar-refractivity contribution in [3.63, 3.8) is 0 Å². The largest absolute Gasteiger partial charge is 0.472 e. The molecular formula is C68H128O17P2. The highest BCUT2D eigenvalue weighted by molar-refractivity contribution is 7.47. The van der Waals surface area contributed by atoms with Crippen molar-refractivity contribution in [2.24, 2.45) is 5.92 Å². The van der Waals surface area contributed by atoms with Gasteiger partial charge in [0.15, 0.2) is 12.2 Å². The van der Waals surface area contributed by atoms with Gasteiger partial charge < -0.3 is 33.8 Å². The summed E-state index contributed by atoms with van der Waals surface area (Å²) in [5.41, 5.74) is 0. The molecule has 0 aliphatic carbocycles. The molecule has 0 saturated carbocycles. The van der Waals surface area contributed by atoms with Crippen LogP contribution >= 0.6 is 15.6 Å². The number of phosphoric ester groups is 2. The van der Waals surface area contributed by atoms with Crippen LogP contribution in [0.4, 0.5) is 0 Å². The predicted octanol–water partition coefficient (Wildman–Crippen LogP) is 18.9. The van der Waals surface area contributed by atoms with Crippen LogP contribution in [0.5, 0.6) is 0 Å². The fourth-order valence-electron chi connectivity index (χ4n) is 9.72. The van der Waals surface area contributed by atoms with Gasteiger partial charge in [0, 0.05) is 25.7 Å². The third kappa shape index (κ3) is 60.9. The standard InChI is InChI=1S/C68H128O17P2/c1-6-10-13-16-19-20-21-22-23-27-30-33-38-42-47-52-66(71)79-58-64(85-68(73)54-49-44-39-34-31-28-25-24-26-29-32-37-40-45-50-61(5)9-4)60-83-87(76,77)81-56-62(69)55-80-86(74,75)82-59-63(84-67(72)53-48-43-36-18-15-12-8-3)57-78-65(70)51-46-41-35-17-14-11-7-2/h20-23,61-64,69H,6-19,24-60H2,1-5H3,(H,74,75)(H,76,77)/b21-20-,23-22-/t61?,62-,63+,64+/m0/s1. The number of unbranched alkanes of at least 4 members (excludes halogenated alkanes) is 34. The Balaban J connectivity index is 5.20. The van der Waals surface area contributed by atoms with E-state index in [0.29, 0.717) is 25.7 Å². The number of allylic oxidation sites excluding steroid dienone is 4. The zero-order chi connectivity index (χ0) is 64.2. The first-order valence-corrected chi connectivity index (χ1v) is 38.0. The van der Waals surface area contributed by atoms with Crippen molar-refractivity contribution < 1.29 is 80.2 Å². The maximum atomic E-state index is 13.0. The molecule has 0 radical (unpaired) electrons. The van der Waals surface area contributed by atoms with Gasteiger partial charge >= 0.3 is 39.5 Å². The van der Waals surface area contributed by atoms with Gasteiger partial charge in [-0.25, -0.2) is 9.13 Å². The van der Waals surface area contributed by atoms with E-state index in [0.717, 1.165) is 141 Å². The van der Waals surface area contributed by atoms with Crippen LogP contribution in [0.1, 0.15) is 324 Å². The van der Waals surface area contributed by atoms with Gasteiger partial charge in [0.1, 0.15) is 19.3 Å². The molecule has 0 heterocycles. The van der Waals surface area contributed by atoms with Gasteiger partial charge in [-0.2, -0.15) is 0 Å². The molecule has 0 spiro atoms. The van der Waals surface area contributed by atoms with E-state index in [4.69, 9.17) is 37.0 Å². The van der Waals surface area contributed by atoms with Crippen molar-refractivity contribution in [2.75, 3.05) is 39.6 Å². The SMILES string of the molecule is CCCCCC/C=C\C=C/CCCCCCCC(=O)OC[C@H](COP(=O)(O)OC[C@@H](O)COP(=O)(O)OC[C@@H](COC(=O)CCCCCCCCC)OC(=O)CCCCCCCCC)OC(=O)CCCCCCCCCCCCCCCCC(C)CC. The number of aliphatic hydroxyl groups is 1. The number of hydrogen-bond donors (Lipinski definition) is 3. The molecule has 0 aliphatic heterocycles. The summed E-state index contributed by atoms with van der Waals surface area (Å²) in [5.74, 6) is -1.32. The molecule has 0 bridgehead atoms. The minimum absolute atomic E-state index is 0.101. The van der Waals surface area contributed by atoms with Crippen molar-refractivity contribution in [3.05, 3.63) is 24.3 Å². The van der Waals surface area contributed by atoms with Crippen LogP contribution in [0, 0.1) is 5.92 Å². The number of hydrogen-bond acceptors (Lipinski definition) is 15. The molecule has 87 heavy (non-hydrogen) atoms. The van der Waals surface area contributed by atoms with Gasteiger partial charge in [-0.1, -0.05) is 271 Å². The summed E-state index contributed by atoms with van der Waals surface area (Å²) in [6.07, 6.45) is 49.6. The lowest BCUT2D eigenvalue weighted by Gasteiger charge is -2.21. The number of phosphoric acid groups is 2. The Hall–Kier alpha value is -2.46. The van der Waals surface area contributed by atoms with E-state index in [1.807, 2.05) is 0 Å². The summed E-state index contributed by atoms with van der Waals surface area (Å²) in [4.78, 5) is 72.1. The maximum Gasteiger partial charge on any atom is 0.472 e. The summed E-state index contributed by atoms with van der Waals surface area (Å²) in [7, 11) is -9.89. The highest BCUT2D eigenvalue weighted by atomic mass is 31.2. The van der Waals surface area contributed by atoms with Gasteiger partial charge in [0.25, 0.3) is 0 Å². The van der Waals surface area contributed by atoms with Crippen LogP contribution < -0.4 is 0 Å². The molecular weight excluding hydrogens is 1150 g/mol. The fourth-order valence-corrected chi connectivity index (χ4v) is 11.3. The fraction of sp³-hybridized carbons (Fsp3) is 0.882. The van der Waals surface area contributed by atoms with Gasteiger partial charge in [-0.15, -0.1) is 0 Å². The Kier molecular flexibility index (Phi) is 59.3.